The Bertz CT molecular complexity index is 875. The highest BCUT2D eigenvalue weighted by Gasteiger charge is 2.17. The Hall–Kier alpha value is -2.06. The molecule has 0 N–H and O–H groups in total. The van der Waals surface area contributed by atoms with Crippen molar-refractivity contribution in [3.63, 3.8) is 0 Å². The van der Waals surface area contributed by atoms with Gasteiger partial charge in [0.25, 0.3) is 0 Å². The second-order valence-corrected chi connectivity index (χ2v) is 5.90. The van der Waals surface area contributed by atoms with Crippen molar-refractivity contribution in [3.05, 3.63) is 33.9 Å². The summed E-state index contributed by atoms with van der Waals surface area (Å²) < 4.78 is 18.6. The summed E-state index contributed by atoms with van der Waals surface area (Å²) in [5, 5.41) is 0.310. The van der Waals surface area contributed by atoms with Crippen LogP contribution in [0.1, 0.15) is 5.56 Å². The van der Waals surface area contributed by atoms with E-state index in [2.05, 4.69) is 30.9 Å². The van der Waals surface area contributed by atoms with E-state index in [4.69, 9.17) is 25.8 Å². The molecule has 24 heavy (non-hydrogen) atoms. The molecule has 0 saturated carbocycles. The molecule has 0 unspecified atom stereocenters. The zero-order valence-corrected chi connectivity index (χ0v) is 15.6. The van der Waals surface area contributed by atoms with Crippen LogP contribution in [0.5, 0.6) is 17.2 Å². The van der Waals surface area contributed by atoms with E-state index in [0.29, 0.717) is 44.8 Å². The fraction of sp³-hybridized carbons (Fsp3) is 0.267. The quantitative estimate of drug-likeness (QED) is 0.472. The zero-order valence-electron chi connectivity index (χ0n) is 13.2. The smallest absolute Gasteiger partial charge is 0.203 e. The van der Waals surface area contributed by atoms with Gasteiger partial charge in [0.2, 0.25) is 5.75 Å². The summed E-state index contributed by atoms with van der Waals surface area (Å²) in [7, 11) is 4.73. The van der Waals surface area contributed by atoms with Crippen LogP contribution in [0, 0.1) is 0 Å². The minimum atomic E-state index is 0.310. The lowest BCUT2D eigenvalue weighted by molar-refractivity contribution is 0.323. The van der Waals surface area contributed by atoms with Crippen LogP contribution >= 0.6 is 27.5 Å². The molecular weight excluding hydrogens is 400 g/mol. The number of ether oxygens (including phenoxy) is 3. The number of fused-ring (bicyclic) bond motifs is 1. The number of aromatic nitrogens is 4. The third-order valence-electron chi connectivity index (χ3n) is 3.51. The first kappa shape index (κ1) is 16.8. The lowest BCUT2D eigenvalue weighted by atomic mass is 10.1. The van der Waals surface area contributed by atoms with Gasteiger partial charge in [-0.25, -0.2) is 15.0 Å². The van der Waals surface area contributed by atoms with Crippen LogP contribution in [0.2, 0.25) is 5.15 Å². The van der Waals surface area contributed by atoms with Gasteiger partial charge in [0.1, 0.15) is 11.8 Å². The summed E-state index contributed by atoms with van der Waals surface area (Å²) in [4.78, 5) is 12.6. The van der Waals surface area contributed by atoms with Crippen LogP contribution in [0.4, 0.5) is 0 Å². The lowest BCUT2D eigenvalue weighted by Gasteiger charge is -2.14. The van der Waals surface area contributed by atoms with Gasteiger partial charge in [0.05, 0.1) is 27.9 Å². The molecule has 0 saturated heterocycles. The van der Waals surface area contributed by atoms with E-state index in [-0.39, 0.29) is 0 Å². The minimum absolute atomic E-state index is 0.310. The van der Waals surface area contributed by atoms with Crippen molar-refractivity contribution in [3.8, 4) is 17.2 Å². The van der Waals surface area contributed by atoms with Gasteiger partial charge in [-0.15, -0.1) is 0 Å². The molecule has 2 heterocycles. The van der Waals surface area contributed by atoms with Crippen molar-refractivity contribution in [2.45, 2.75) is 6.54 Å². The molecule has 0 amide bonds. The van der Waals surface area contributed by atoms with Crippen LogP contribution < -0.4 is 14.2 Å². The summed E-state index contributed by atoms with van der Waals surface area (Å²) in [6, 6.07) is 3.75. The predicted octanol–water partition coefficient (Wildman–Crippen LogP) is 3.32. The topological polar surface area (TPSA) is 71.3 Å². The maximum atomic E-state index is 6.08. The van der Waals surface area contributed by atoms with E-state index in [9.17, 15) is 0 Å². The molecule has 0 atom stereocenters. The molecule has 0 aliphatic carbocycles. The second kappa shape index (κ2) is 6.82. The maximum absolute atomic E-state index is 6.08. The SMILES string of the molecule is COc1cc(Cn2c(Br)nc3c(Cl)ncnc32)cc(OC)c1OC. The van der Waals surface area contributed by atoms with Crippen LogP contribution in [0.25, 0.3) is 11.2 Å². The van der Waals surface area contributed by atoms with E-state index < -0.39 is 0 Å². The van der Waals surface area contributed by atoms with Gasteiger partial charge in [-0.05, 0) is 33.6 Å². The Labute approximate surface area is 151 Å². The number of nitrogens with zero attached hydrogens (tertiary/aromatic N) is 4. The average molecular weight is 414 g/mol. The Morgan fingerprint density at radius 2 is 1.75 bits per heavy atom. The van der Waals surface area contributed by atoms with Gasteiger partial charge in [-0.1, -0.05) is 11.6 Å². The summed E-state index contributed by atoms with van der Waals surface area (Å²) in [6.07, 6.45) is 1.41. The van der Waals surface area contributed by atoms with Crippen molar-refractivity contribution in [2.75, 3.05) is 21.3 Å². The first-order valence-corrected chi connectivity index (χ1v) is 8.07. The molecule has 3 aromatic rings. The number of methoxy groups -OCH3 is 3. The van der Waals surface area contributed by atoms with Gasteiger partial charge in [-0.3, -0.25) is 4.57 Å². The van der Waals surface area contributed by atoms with Gasteiger partial charge >= 0.3 is 0 Å². The molecule has 0 spiro atoms. The van der Waals surface area contributed by atoms with Gasteiger partial charge < -0.3 is 14.2 Å². The van der Waals surface area contributed by atoms with Crippen molar-refractivity contribution < 1.29 is 14.2 Å². The Morgan fingerprint density at radius 1 is 1.08 bits per heavy atom. The highest BCUT2D eigenvalue weighted by atomic mass is 79.9. The van der Waals surface area contributed by atoms with Crippen molar-refractivity contribution >= 4 is 38.7 Å². The molecular formula is C15H14BrClN4O3. The van der Waals surface area contributed by atoms with E-state index in [1.54, 1.807) is 21.3 Å². The fourth-order valence-electron chi connectivity index (χ4n) is 2.43. The molecule has 0 aliphatic heterocycles. The van der Waals surface area contributed by atoms with Crippen LogP contribution in [-0.2, 0) is 6.54 Å². The molecule has 0 aliphatic rings. The maximum Gasteiger partial charge on any atom is 0.203 e. The molecule has 1 aromatic carbocycles. The van der Waals surface area contributed by atoms with Crippen molar-refractivity contribution in [2.24, 2.45) is 0 Å². The first-order chi connectivity index (χ1) is 11.6. The second-order valence-electron chi connectivity index (χ2n) is 4.84. The number of rotatable bonds is 5. The Balaban J connectivity index is 2.09. The van der Waals surface area contributed by atoms with Crippen LogP contribution in [-0.4, -0.2) is 40.8 Å². The number of halogens is 2. The van der Waals surface area contributed by atoms with Gasteiger partial charge in [-0.2, -0.15) is 0 Å². The third kappa shape index (κ3) is 2.87. The first-order valence-electron chi connectivity index (χ1n) is 6.90. The summed E-state index contributed by atoms with van der Waals surface area (Å²) in [5.41, 5.74) is 2.10. The molecule has 9 heteroatoms. The highest BCUT2D eigenvalue weighted by Crippen LogP contribution is 2.38. The highest BCUT2D eigenvalue weighted by molar-refractivity contribution is 9.10. The van der Waals surface area contributed by atoms with Crippen molar-refractivity contribution in [1.82, 2.24) is 19.5 Å². The fourth-order valence-corrected chi connectivity index (χ4v) is 3.07. The number of hydrogen-bond acceptors (Lipinski definition) is 6. The lowest BCUT2D eigenvalue weighted by Crippen LogP contribution is -2.03. The Morgan fingerprint density at radius 3 is 2.33 bits per heavy atom. The number of hydrogen-bond donors (Lipinski definition) is 0. The number of imidazole rings is 1. The predicted molar refractivity (Wildman–Crippen MR) is 93.2 cm³/mol. The van der Waals surface area contributed by atoms with Crippen LogP contribution in [0.15, 0.2) is 23.2 Å². The van der Waals surface area contributed by atoms with Crippen molar-refractivity contribution in [1.29, 1.82) is 0 Å². The molecule has 0 bridgehead atoms. The molecule has 2 aromatic heterocycles. The third-order valence-corrected chi connectivity index (χ3v) is 4.39. The minimum Gasteiger partial charge on any atom is -0.493 e. The van der Waals surface area contributed by atoms with E-state index >= 15 is 0 Å². The van der Waals surface area contributed by atoms with Crippen LogP contribution in [0.3, 0.4) is 0 Å². The monoisotopic (exact) mass is 412 g/mol. The standard InChI is InChI=1S/C15H14BrClN4O3/c1-22-9-4-8(5-10(23-2)12(9)24-3)6-21-14-11(20-15(21)16)13(17)18-7-19-14/h4-5,7H,6H2,1-3H3. The summed E-state index contributed by atoms with van der Waals surface area (Å²) in [6.45, 7) is 0.487. The molecule has 7 nitrogen and oxygen atoms in total. The summed E-state index contributed by atoms with van der Waals surface area (Å²) in [5.74, 6) is 1.71. The Kier molecular flexibility index (Phi) is 4.77. The molecule has 0 radical (unpaired) electrons. The van der Waals surface area contributed by atoms with Gasteiger partial charge in [0, 0.05) is 0 Å². The van der Waals surface area contributed by atoms with E-state index in [0.717, 1.165) is 5.56 Å². The van der Waals surface area contributed by atoms with Gasteiger partial charge in [0.15, 0.2) is 27.0 Å². The number of benzene rings is 1. The van der Waals surface area contributed by atoms with E-state index in [1.165, 1.54) is 6.33 Å². The van der Waals surface area contributed by atoms with E-state index in [1.807, 2.05) is 16.7 Å². The molecule has 126 valence electrons. The largest absolute Gasteiger partial charge is 0.493 e. The average Bonchev–Trinajstić information content (AvgIpc) is 2.91. The molecule has 0 fully saturated rings. The zero-order chi connectivity index (χ0) is 17.3. The normalized spacial score (nSPS) is 10.9. The summed E-state index contributed by atoms with van der Waals surface area (Å²) >= 11 is 9.51. The molecule has 3 rings (SSSR count).